The van der Waals surface area contributed by atoms with Gasteiger partial charge in [-0.05, 0) is 24.8 Å². The maximum absolute atomic E-state index is 14.6. The topological polar surface area (TPSA) is 92.3 Å². The van der Waals surface area contributed by atoms with Gasteiger partial charge in [-0.25, -0.2) is 9.18 Å². The van der Waals surface area contributed by atoms with E-state index in [0.29, 0.717) is 34.4 Å². The van der Waals surface area contributed by atoms with Crippen molar-refractivity contribution in [2.24, 2.45) is 0 Å². The number of carbonyl (C=O) groups excluding carboxylic acids is 2. The van der Waals surface area contributed by atoms with Crippen LogP contribution in [0.2, 0.25) is 0 Å². The molecule has 3 unspecified atom stereocenters. The molecule has 1 amide bonds. The van der Waals surface area contributed by atoms with E-state index in [4.69, 9.17) is 0 Å². The monoisotopic (exact) mass is 365 g/mol. The zero-order chi connectivity index (χ0) is 17.9. The fourth-order valence-corrected chi connectivity index (χ4v) is 4.82. The van der Waals surface area contributed by atoms with Gasteiger partial charge in [0.25, 0.3) is 5.91 Å². The molecule has 1 aromatic rings. The van der Waals surface area contributed by atoms with E-state index >= 15 is 0 Å². The number of carbonyl (C=O) groups is 3. The molecule has 1 aromatic carbocycles. The van der Waals surface area contributed by atoms with E-state index in [1.54, 1.807) is 6.07 Å². The van der Waals surface area contributed by atoms with Crippen molar-refractivity contribution in [3.05, 3.63) is 34.1 Å². The maximum Gasteiger partial charge on any atom is 0.346 e. The molecule has 7 nitrogen and oxygen atoms in total. The van der Waals surface area contributed by atoms with Crippen LogP contribution >= 0.6 is 11.8 Å². The summed E-state index contributed by atoms with van der Waals surface area (Å²) >= 11 is 1.34. The number of nitrogens with one attached hydrogen (secondary N) is 3. The highest BCUT2D eigenvalue weighted by Gasteiger charge is 2.51. The van der Waals surface area contributed by atoms with Gasteiger partial charge in [-0.2, -0.15) is 0 Å². The highest BCUT2D eigenvalue weighted by molar-refractivity contribution is 8.04. The van der Waals surface area contributed by atoms with Gasteiger partial charge in [-0.1, -0.05) is 0 Å². The molecule has 0 bridgehead atoms. The fraction of sp³-hybridized carbons (Fsp3) is 0.312. The first-order valence-corrected chi connectivity index (χ1v) is 8.78. The van der Waals surface area contributed by atoms with Gasteiger partial charge < -0.3 is 10.4 Å². The van der Waals surface area contributed by atoms with Crippen molar-refractivity contribution >= 4 is 40.8 Å². The minimum atomic E-state index is -1.29. The Bertz CT molecular complexity index is 869. The lowest BCUT2D eigenvalue weighted by Crippen LogP contribution is -3.15. The van der Waals surface area contributed by atoms with Crippen molar-refractivity contribution in [3.8, 4) is 0 Å². The van der Waals surface area contributed by atoms with Crippen molar-refractivity contribution in [1.82, 2.24) is 5.32 Å². The number of rotatable bonds is 2. The van der Waals surface area contributed by atoms with Crippen molar-refractivity contribution in [3.63, 3.8) is 0 Å². The van der Waals surface area contributed by atoms with E-state index in [9.17, 15) is 23.9 Å². The molecule has 3 aliphatic rings. The van der Waals surface area contributed by atoms with Crippen molar-refractivity contribution < 1.29 is 33.7 Å². The minimum Gasteiger partial charge on any atom is -0.477 e. The molecule has 2 fully saturated rings. The van der Waals surface area contributed by atoms with E-state index in [1.807, 2.05) is 6.92 Å². The molecule has 3 atom stereocenters. The van der Waals surface area contributed by atoms with Gasteiger partial charge >= 0.3 is 5.97 Å². The molecule has 0 aromatic heterocycles. The number of halogens is 1. The number of Topliss-reactive ketones (excluding diaryl/α,β-unsaturated/α-hetero) is 1. The van der Waals surface area contributed by atoms with Gasteiger partial charge in [-0.15, -0.1) is 0 Å². The largest absolute Gasteiger partial charge is 0.477 e. The SMILES string of the molecule is CC1SC2=C(C(=O)O)C(=O)c3cc(F)c([NH+]4CCNC(=O)C4)cc3[NH+]21. The minimum absolute atomic E-state index is 0.0363. The molecular weight excluding hydrogens is 349 g/mol. The molecule has 0 aliphatic carbocycles. The van der Waals surface area contributed by atoms with Crippen LogP contribution in [0.4, 0.5) is 15.8 Å². The summed E-state index contributed by atoms with van der Waals surface area (Å²) < 4.78 is 14.6. The summed E-state index contributed by atoms with van der Waals surface area (Å²) in [7, 11) is 0. The van der Waals surface area contributed by atoms with Gasteiger partial charge in [0.15, 0.2) is 39.7 Å². The Labute approximate surface area is 146 Å². The fourth-order valence-electron chi connectivity index (χ4n) is 3.57. The number of carboxylic acid groups (broad SMARTS) is 1. The number of quaternary nitrogens is 2. The zero-order valence-electron chi connectivity index (χ0n) is 13.3. The molecule has 9 heteroatoms. The molecule has 3 heterocycles. The number of ketones is 1. The summed E-state index contributed by atoms with van der Waals surface area (Å²) in [6, 6.07) is 2.73. The lowest BCUT2D eigenvalue weighted by atomic mass is 9.96. The quantitative estimate of drug-likeness (QED) is 0.483. The smallest absolute Gasteiger partial charge is 0.346 e. The van der Waals surface area contributed by atoms with Crippen molar-refractivity contribution in [1.29, 1.82) is 0 Å². The highest BCUT2D eigenvalue weighted by Crippen LogP contribution is 2.37. The van der Waals surface area contributed by atoms with Crippen LogP contribution in [0.25, 0.3) is 0 Å². The number of aliphatic carboxylic acids is 1. The van der Waals surface area contributed by atoms with Crippen LogP contribution in [0.1, 0.15) is 17.3 Å². The van der Waals surface area contributed by atoms with Gasteiger partial charge in [0.05, 0.1) is 24.7 Å². The van der Waals surface area contributed by atoms with Gasteiger partial charge in [-0.3, -0.25) is 19.4 Å². The number of amides is 1. The summed E-state index contributed by atoms with van der Waals surface area (Å²) in [5.74, 6) is -2.68. The number of hydrogen-bond donors (Lipinski definition) is 4. The number of thioether (sulfide) groups is 1. The third-order valence-corrected chi connectivity index (χ3v) is 6.01. The van der Waals surface area contributed by atoms with E-state index in [1.165, 1.54) is 11.8 Å². The van der Waals surface area contributed by atoms with Crippen LogP contribution in [0.3, 0.4) is 0 Å². The Hall–Kier alpha value is -2.23. The average Bonchev–Trinajstić information content (AvgIpc) is 2.54. The van der Waals surface area contributed by atoms with Gasteiger partial charge in [0.1, 0.15) is 0 Å². The van der Waals surface area contributed by atoms with Crippen LogP contribution in [-0.4, -0.2) is 47.8 Å². The molecule has 25 heavy (non-hydrogen) atoms. The normalized spacial score (nSPS) is 28.0. The second-order valence-corrected chi connectivity index (χ2v) is 7.62. The second-order valence-electron chi connectivity index (χ2n) is 6.27. The molecule has 4 rings (SSSR count). The molecular formula is C16H16FN3O4S+2. The number of carboxylic acids is 1. The first-order valence-electron chi connectivity index (χ1n) is 7.90. The van der Waals surface area contributed by atoms with Gasteiger partial charge in [0.2, 0.25) is 5.78 Å². The summed E-state index contributed by atoms with van der Waals surface area (Å²) in [5.41, 5.74) is 0.745. The predicted molar refractivity (Wildman–Crippen MR) is 86.4 cm³/mol. The number of fused-ring (bicyclic) bond motifs is 3. The van der Waals surface area contributed by atoms with E-state index in [0.717, 1.165) is 11.0 Å². The molecule has 0 spiro atoms. The first kappa shape index (κ1) is 16.2. The first-order chi connectivity index (χ1) is 11.9. The second kappa shape index (κ2) is 5.65. The third kappa shape index (κ3) is 2.38. The summed E-state index contributed by atoms with van der Waals surface area (Å²) in [5, 5.41) is 12.6. The molecule has 0 radical (unpaired) electrons. The summed E-state index contributed by atoms with van der Waals surface area (Å²) in [6.07, 6.45) is 0. The average molecular weight is 365 g/mol. The number of hydrogen-bond acceptors (Lipinski definition) is 4. The van der Waals surface area contributed by atoms with Crippen LogP contribution in [0, 0.1) is 5.82 Å². The Morgan fingerprint density at radius 1 is 1.36 bits per heavy atom. The molecule has 4 N–H and O–H groups in total. The molecule has 2 saturated heterocycles. The van der Waals surface area contributed by atoms with Crippen LogP contribution < -0.4 is 15.1 Å². The lowest BCUT2D eigenvalue weighted by Gasteiger charge is -2.39. The van der Waals surface area contributed by atoms with Crippen LogP contribution in [-0.2, 0) is 9.59 Å². The summed E-state index contributed by atoms with van der Waals surface area (Å²) in [6.45, 7) is 3.07. The van der Waals surface area contributed by atoms with E-state index in [2.05, 4.69) is 5.32 Å². The van der Waals surface area contributed by atoms with Crippen molar-refractivity contribution in [2.45, 2.75) is 12.3 Å². The Morgan fingerprint density at radius 2 is 2.12 bits per heavy atom. The number of piperazine rings is 1. The van der Waals surface area contributed by atoms with E-state index in [-0.39, 0.29) is 29.0 Å². The Balaban J connectivity index is 1.82. The van der Waals surface area contributed by atoms with Crippen LogP contribution in [0.5, 0.6) is 0 Å². The standard InChI is InChI=1S/C16H14FN3O4S/c1-7-20-10-5-11(19-3-2-18-12(21)6-19)9(17)4-8(10)14(22)13(16(23)24)15(20)25-7/h4-5,7H,2-3,6H2,1H3,(H,18,21)(H,23,24)/p+2. The lowest BCUT2D eigenvalue weighted by molar-refractivity contribution is -0.828. The Kier molecular flexibility index (Phi) is 3.67. The zero-order valence-corrected chi connectivity index (χ0v) is 14.1. The number of benzene rings is 1. The predicted octanol–water partition coefficient (Wildman–Crippen LogP) is -1.43. The van der Waals surface area contributed by atoms with Gasteiger partial charge in [0, 0.05) is 0 Å². The molecule has 0 saturated carbocycles. The van der Waals surface area contributed by atoms with E-state index < -0.39 is 17.6 Å². The third-order valence-electron chi connectivity index (χ3n) is 4.76. The maximum atomic E-state index is 14.6. The Morgan fingerprint density at radius 3 is 2.76 bits per heavy atom. The molecule has 130 valence electrons. The van der Waals surface area contributed by atoms with Crippen molar-refractivity contribution in [2.75, 3.05) is 19.6 Å². The summed E-state index contributed by atoms with van der Waals surface area (Å²) in [4.78, 5) is 37.1. The highest BCUT2D eigenvalue weighted by atomic mass is 32.2. The molecule has 3 aliphatic heterocycles. The van der Waals surface area contributed by atoms with Crippen LogP contribution in [0.15, 0.2) is 22.7 Å².